The third-order valence-electron chi connectivity index (χ3n) is 4.81. The second-order valence-electron chi connectivity index (χ2n) is 7.18. The molecule has 1 saturated heterocycles. The molecule has 0 aliphatic carbocycles. The van der Waals surface area contributed by atoms with Crippen LogP contribution in [0.2, 0.25) is 0 Å². The van der Waals surface area contributed by atoms with Gasteiger partial charge in [-0.1, -0.05) is 12.1 Å². The Morgan fingerprint density at radius 1 is 1.25 bits per heavy atom. The number of hydrogen-bond donors (Lipinski definition) is 1. The fourth-order valence-electron chi connectivity index (χ4n) is 3.29. The van der Waals surface area contributed by atoms with Gasteiger partial charge < -0.3 is 19.5 Å². The van der Waals surface area contributed by atoms with Crippen molar-refractivity contribution in [1.82, 2.24) is 9.88 Å². The van der Waals surface area contributed by atoms with Gasteiger partial charge >= 0.3 is 5.97 Å². The van der Waals surface area contributed by atoms with E-state index in [-0.39, 0.29) is 30.7 Å². The Kier molecular flexibility index (Phi) is 8.64. The third kappa shape index (κ3) is 6.54. The summed E-state index contributed by atoms with van der Waals surface area (Å²) in [5.41, 5.74) is 0.469. The first-order chi connectivity index (χ1) is 15.5. The number of nitrogens with one attached hydrogen (secondary N) is 1. The number of ether oxygens (including phenoxy) is 3. The average molecular weight is 461 g/mol. The van der Waals surface area contributed by atoms with E-state index in [1.807, 2.05) is 31.2 Å². The molecule has 0 saturated carbocycles. The van der Waals surface area contributed by atoms with E-state index in [1.165, 1.54) is 10.6 Å². The number of aromatic nitrogens is 1. The molecule has 1 unspecified atom stereocenters. The van der Waals surface area contributed by atoms with Gasteiger partial charge in [0.05, 0.1) is 29.9 Å². The first kappa shape index (κ1) is 23.7. The number of benzene rings is 1. The molecule has 1 aromatic heterocycles. The van der Waals surface area contributed by atoms with Gasteiger partial charge in [-0.25, -0.2) is 4.79 Å². The summed E-state index contributed by atoms with van der Waals surface area (Å²) in [7, 11) is 0. The van der Waals surface area contributed by atoms with Crippen molar-refractivity contribution < 1.29 is 23.8 Å². The Balaban J connectivity index is 1.88. The Morgan fingerprint density at radius 3 is 2.69 bits per heavy atom. The zero-order chi connectivity index (χ0) is 22.9. The van der Waals surface area contributed by atoms with Crippen molar-refractivity contribution in [2.75, 3.05) is 26.4 Å². The first-order valence-electron chi connectivity index (χ1n) is 10.7. The summed E-state index contributed by atoms with van der Waals surface area (Å²) < 4.78 is 18.0. The average Bonchev–Trinajstić information content (AvgIpc) is 3.38. The minimum absolute atomic E-state index is 0.00673. The standard InChI is InChI=1S/C23H28N2O6S/c1-3-29-17-9-7-16(8-10-17)12-19-23(28)25(21(32-19)13-22(27)30-4-2)15-20(26)24-14-18-6-5-11-31-18/h7-10,12-13,18H,3-6,11,14-15H2,1-2H3,(H,24,26). The second-order valence-corrected chi connectivity index (χ2v) is 8.24. The smallest absolute Gasteiger partial charge is 0.333 e. The fourth-order valence-corrected chi connectivity index (χ4v) is 4.32. The summed E-state index contributed by atoms with van der Waals surface area (Å²) in [6.45, 7) is 5.32. The molecule has 1 atom stereocenters. The van der Waals surface area contributed by atoms with E-state index in [0.29, 0.717) is 29.0 Å². The third-order valence-corrected chi connectivity index (χ3v) is 5.87. The van der Waals surface area contributed by atoms with Crippen molar-refractivity contribution >= 4 is 35.4 Å². The van der Waals surface area contributed by atoms with Crippen molar-refractivity contribution in [3.05, 3.63) is 49.4 Å². The Bertz CT molecular complexity index is 1100. The molecule has 1 aromatic carbocycles. The molecule has 0 spiro atoms. The van der Waals surface area contributed by atoms with Crippen LogP contribution < -0.4 is 24.8 Å². The van der Waals surface area contributed by atoms with Gasteiger partial charge in [-0.3, -0.25) is 14.2 Å². The molecule has 32 heavy (non-hydrogen) atoms. The SMILES string of the molecule is CCOC(=O)C=c1sc(=Cc2ccc(OCC)cc2)c(=O)n1CC(=O)NCC1CCCO1. The van der Waals surface area contributed by atoms with E-state index in [4.69, 9.17) is 14.2 Å². The summed E-state index contributed by atoms with van der Waals surface area (Å²) >= 11 is 1.14. The van der Waals surface area contributed by atoms with Gasteiger partial charge in [-0.15, -0.1) is 11.3 Å². The maximum Gasteiger partial charge on any atom is 0.333 e. The number of hydrogen-bond acceptors (Lipinski definition) is 7. The largest absolute Gasteiger partial charge is 0.494 e. The lowest BCUT2D eigenvalue weighted by atomic mass is 10.2. The summed E-state index contributed by atoms with van der Waals surface area (Å²) in [5, 5.41) is 2.81. The van der Waals surface area contributed by atoms with Crippen LogP contribution in [0.15, 0.2) is 29.1 Å². The highest BCUT2D eigenvalue weighted by molar-refractivity contribution is 7.07. The van der Waals surface area contributed by atoms with Crippen molar-refractivity contribution in [3.63, 3.8) is 0 Å². The molecule has 2 aromatic rings. The maximum atomic E-state index is 13.0. The molecule has 0 radical (unpaired) electrons. The Hall–Kier alpha value is -2.91. The van der Waals surface area contributed by atoms with Crippen LogP contribution in [-0.4, -0.2) is 48.9 Å². The van der Waals surface area contributed by atoms with Crippen LogP contribution in [0.4, 0.5) is 0 Å². The molecule has 172 valence electrons. The number of amides is 1. The van der Waals surface area contributed by atoms with Crippen LogP contribution in [0, 0.1) is 0 Å². The number of thiazole rings is 1. The molecular formula is C23H28N2O6S. The first-order valence-corrected chi connectivity index (χ1v) is 11.5. The van der Waals surface area contributed by atoms with Gasteiger partial charge in [0.25, 0.3) is 5.56 Å². The molecule has 2 heterocycles. The number of carbonyl (C=O) groups excluding carboxylic acids is 2. The lowest BCUT2D eigenvalue weighted by Gasteiger charge is -2.10. The predicted molar refractivity (Wildman–Crippen MR) is 122 cm³/mol. The monoisotopic (exact) mass is 460 g/mol. The van der Waals surface area contributed by atoms with Gasteiger partial charge in [-0.2, -0.15) is 0 Å². The van der Waals surface area contributed by atoms with Gasteiger partial charge in [0.2, 0.25) is 5.91 Å². The topological polar surface area (TPSA) is 95.9 Å². The summed E-state index contributed by atoms with van der Waals surface area (Å²) in [4.78, 5) is 37.5. The van der Waals surface area contributed by atoms with E-state index in [9.17, 15) is 14.4 Å². The molecule has 9 heteroatoms. The minimum Gasteiger partial charge on any atom is -0.494 e. The van der Waals surface area contributed by atoms with Crippen LogP contribution in [0.3, 0.4) is 0 Å². The summed E-state index contributed by atoms with van der Waals surface area (Å²) in [6, 6.07) is 7.34. The van der Waals surface area contributed by atoms with Gasteiger partial charge in [0.1, 0.15) is 17.0 Å². The highest BCUT2D eigenvalue weighted by Crippen LogP contribution is 2.12. The van der Waals surface area contributed by atoms with Gasteiger partial charge in [0, 0.05) is 13.2 Å². The van der Waals surface area contributed by atoms with E-state index in [0.717, 1.165) is 35.5 Å². The Labute approximate surface area is 190 Å². The summed E-state index contributed by atoms with van der Waals surface area (Å²) in [5.74, 6) is -0.131. The highest BCUT2D eigenvalue weighted by Gasteiger charge is 2.17. The molecule has 1 aliphatic rings. The van der Waals surface area contributed by atoms with Crippen molar-refractivity contribution in [2.24, 2.45) is 0 Å². The van der Waals surface area contributed by atoms with Crippen molar-refractivity contribution in [3.8, 4) is 5.75 Å². The highest BCUT2D eigenvalue weighted by atomic mass is 32.1. The predicted octanol–water partition coefficient (Wildman–Crippen LogP) is 0.776. The number of rotatable bonds is 9. The molecule has 1 amide bonds. The van der Waals surface area contributed by atoms with E-state index < -0.39 is 5.97 Å². The molecule has 1 N–H and O–H groups in total. The van der Waals surface area contributed by atoms with Crippen molar-refractivity contribution in [2.45, 2.75) is 39.3 Å². The molecular weight excluding hydrogens is 432 g/mol. The van der Waals surface area contributed by atoms with E-state index >= 15 is 0 Å². The maximum absolute atomic E-state index is 13.0. The van der Waals surface area contributed by atoms with Crippen LogP contribution >= 0.6 is 11.3 Å². The van der Waals surface area contributed by atoms with Gasteiger partial charge in [-0.05, 0) is 50.5 Å². The molecule has 8 nitrogen and oxygen atoms in total. The molecule has 1 fully saturated rings. The lowest BCUT2D eigenvalue weighted by molar-refractivity contribution is -0.135. The van der Waals surface area contributed by atoms with Crippen LogP contribution in [-0.2, 0) is 25.6 Å². The van der Waals surface area contributed by atoms with E-state index in [2.05, 4.69) is 5.32 Å². The normalized spacial score (nSPS) is 16.9. The number of esters is 1. The lowest BCUT2D eigenvalue weighted by Crippen LogP contribution is -2.40. The molecule has 1 aliphatic heterocycles. The van der Waals surface area contributed by atoms with Crippen LogP contribution in [0.1, 0.15) is 32.3 Å². The van der Waals surface area contributed by atoms with Crippen LogP contribution in [0.5, 0.6) is 5.75 Å². The zero-order valence-electron chi connectivity index (χ0n) is 18.3. The summed E-state index contributed by atoms with van der Waals surface area (Å²) in [6.07, 6.45) is 4.87. The van der Waals surface area contributed by atoms with E-state index in [1.54, 1.807) is 13.0 Å². The minimum atomic E-state index is -0.560. The fraction of sp³-hybridized carbons (Fsp3) is 0.435. The second kappa shape index (κ2) is 11.6. The van der Waals surface area contributed by atoms with Crippen LogP contribution in [0.25, 0.3) is 12.2 Å². The molecule has 0 bridgehead atoms. The van der Waals surface area contributed by atoms with Gasteiger partial charge in [0.15, 0.2) is 0 Å². The number of nitrogens with zero attached hydrogens (tertiary/aromatic N) is 1. The molecule has 3 rings (SSSR count). The Morgan fingerprint density at radius 2 is 2.03 bits per heavy atom. The van der Waals surface area contributed by atoms with Crippen molar-refractivity contribution in [1.29, 1.82) is 0 Å². The zero-order valence-corrected chi connectivity index (χ0v) is 19.1. The number of carbonyl (C=O) groups is 2. The quantitative estimate of drug-likeness (QED) is 0.556.